The van der Waals surface area contributed by atoms with Crippen molar-refractivity contribution in [3.63, 3.8) is 0 Å². The molecule has 4 aromatic carbocycles. The Balaban J connectivity index is 1.20. The standard InChI is InChI=1S/C35H34N4O7/c1-4-44-34(41)32-22(2)37-35(42)38-33(32)24-16-17-29(30(18-24)43-3)46-21-31(40)39-36-19-25-11-6-8-15-28(25)45-20-26-13-9-12-23-10-5-7-14-27(23)26/h5-19,33H,4,20-21H2,1-3H3,(H,39,40)(H2,37,38,42)/b36-19+/t33-/m1/s1. The number of hydrazone groups is 1. The molecule has 236 valence electrons. The van der Waals surface area contributed by atoms with Gasteiger partial charge < -0.3 is 29.6 Å². The Morgan fingerprint density at radius 2 is 1.72 bits per heavy atom. The molecule has 3 amide bonds. The number of ether oxygens (including phenoxy) is 4. The molecular formula is C35H34N4O7. The van der Waals surface area contributed by atoms with Crippen LogP contribution in [0.4, 0.5) is 4.79 Å². The number of urea groups is 1. The van der Waals surface area contributed by atoms with Gasteiger partial charge in [-0.3, -0.25) is 4.79 Å². The maximum atomic E-state index is 12.6. The number of methoxy groups -OCH3 is 1. The Bertz CT molecular complexity index is 1810. The highest BCUT2D eigenvalue weighted by Crippen LogP contribution is 2.34. The molecule has 0 saturated heterocycles. The van der Waals surface area contributed by atoms with Crippen molar-refractivity contribution in [3.05, 3.63) is 113 Å². The molecule has 0 saturated carbocycles. The minimum atomic E-state index is -0.771. The monoisotopic (exact) mass is 622 g/mol. The third-order valence-electron chi connectivity index (χ3n) is 7.22. The zero-order chi connectivity index (χ0) is 32.5. The first-order valence-corrected chi connectivity index (χ1v) is 14.6. The summed E-state index contributed by atoms with van der Waals surface area (Å²) < 4.78 is 22.5. The topological polar surface area (TPSA) is 137 Å². The van der Waals surface area contributed by atoms with E-state index in [9.17, 15) is 14.4 Å². The fourth-order valence-corrected chi connectivity index (χ4v) is 5.05. The van der Waals surface area contributed by atoms with Crippen molar-refractivity contribution in [1.29, 1.82) is 0 Å². The summed E-state index contributed by atoms with van der Waals surface area (Å²) in [6.45, 7) is 3.55. The SMILES string of the molecule is CCOC(=O)C1=C(C)NC(=O)N[C@@H]1c1ccc(OCC(=O)N/N=C/c2ccccc2OCc2cccc3ccccc23)c(OC)c1. The number of nitrogens with one attached hydrogen (secondary N) is 3. The smallest absolute Gasteiger partial charge is 0.338 e. The lowest BCUT2D eigenvalue weighted by atomic mass is 9.95. The van der Waals surface area contributed by atoms with Crippen molar-refractivity contribution in [3.8, 4) is 17.2 Å². The van der Waals surface area contributed by atoms with Crippen LogP contribution in [-0.2, 0) is 20.9 Å². The average molecular weight is 623 g/mol. The van der Waals surface area contributed by atoms with E-state index in [0.29, 0.717) is 34.9 Å². The summed E-state index contributed by atoms with van der Waals surface area (Å²) in [5.41, 5.74) is 5.45. The Labute approximate surface area is 266 Å². The van der Waals surface area contributed by atoms with Crippen molar-refractivity contribution in [1.82, 2.24) is 16.1 Å². The Morgan fingerprint density at radius 3 is 2.54 bits per heavy atom. The quantitative estimate of drug-likeness (QED) is 0.113. The summed E-state index contributed by atoms with van der Waals surface area (Å²) in [7, 11) is 1.45. The number of nitrogens with zero attached hydrogens (tertiary/aromatic N) is 1. The van der Waals surface area contributed by atoms with Crippen LogP contribution in [0.15, 0.2) is 101 Å². The lowest BCUT2D eigenvalue weighted by Crippen LogP contribution is -2.45. The molecule has 1 aliphatic rings. The third kappa shape index (κ3) is 7.44. The third-order valence-corrected chi connectivity index (χ3v) is 7.22. The van der Waals surface area contributed by atoms with Gasteiger partial charge in [0.1, 0.15) is 12.4 Å². The number of rotatable bonds is 12. The van der Waals surface area contributed by atoms with Crippen LogP contribution in [0.1, 0.15) is 36.6 Å². The Hall–Kier alpha value is -5.84. The molecule has 4 aromatic rings. The fourth-order valence-electron chi connectivity index (χ4n) is 5.05. The molecule has 5 rings (SSSR count). The van der Waals surface area contributed by atoms with E-state index in [1.54, 1.807) is 32.0 Å². The van der Waals surface area contributed by atoms with Gasteiger partial charge in [0.25, 0.3) is 5.91 Å². The highest BCUT2D eigenvalue weighted by atomic mass is 16.5. The van der Waals surface area contributed by atoms with Gasteiger partial charge in [0.2, 0.25) is 0 Å². The summed E-state index contributed by atoms with van der Waals surface area (Å²) in [5.74, 6) is 0.171. The zero-order valence-electron chi connectivity index (χ0n) is 25.7. The van der Waals surface area contributed by atoms with Gasteiger partial charge in [-0.15, -0.1) is 0 Å². The maximum Gasteiger partial charge on any atom is 0.338 e. The van der Waals surface area contributed by atoms with Crippen LogP contribution in [-0.4, -0.2) is 44.4 Å². The predicted molar refractivity (Wildman–Crippen MR) is 173 cm³/mol. The summed E-state index contributed by atoms with van der Waals surface area (Å²) in [5, 5.41) is 11.7. The van der Waals surface area contributed by atoms with Crippen LogP contribution in [0, 0.1) is 0 Å². The maximum absolute atomic E-state index is 12.6. The Morgan fingerprint density at radius 1 is 0.935 bits per heavy atom. The molecule has 1 heterocycles. The van der Waals surface area contributed by atoms with Crippen molar-refractivity contribution in [2.24, 2.45) is 5.10 Å². The van der Waals surface area contributed by atoms with Gasteiger partial charge in [-0.05, 0) is 60.0 Å². The molecule has 0 aromatic heterocycles. The molecule has 0 spiro atoms. The van der Waals surface area contributed by atoms with Gasteiger partial charge in [0.15, 0.2) is 18.1 Å². The second-order valence-corrected chi connectivity index (χ2v) is 10.2. The number of hydrogen-bond acceptors (Lipinski definition) is 8. The van der Waals surface area contributed by atoms with Gasteiger partial charge >= 0.3 is 12.0 Å². The molecule has 3 N–H and O–H groups in total. The van der Waals surface area contributed by atoms with Crippen LogP contribution < -0.4 is 30.3 Å². The van der Waals surface area contributed by atoms with Gasteiger partial charge in [-0.25, -0.2) is 15.0 Å². The molecule has 0 unspecified atom stereocenters. The summed E-state index contributed by atoms with van der Waals surface area (Å²) in [4.78, 5) is 37.4. The van der Waals surface area contributed by atoms with Crippen LogP contribution in [0.3, 0.4) is 0 Å². The second-order valence-electron chi connectivity index (χ2n) is 10.2. The summed E-state index contributed by atoms with van der Waals surface area (Å²) >= 11 is 0. The zero-order valence-corrected chi connectivity index (χ0v) is 25.7. The van der Waals surface area contributed by atoms with E-state index in [2.05, 4.69) is 39.4 Å². The lowest BCUT2D eigenvalue weighted by molar-refractivity contribution is -0.139. The van der Waals surface area contributed by atoms with Crippen LogP contribution in [0.2, 0.25) is 0 Å². The molecule has 0 fully saturated rings. The van der Waals surface area contributed by atoms with Crippen LogP contribution in [0.5, 0.6) is 17.2 Å². The molecule has 46 heavy (non-hydrogen) atoms. The highest BCUT2D eigenvalue weighted by molar-refractivity contribution is 5.95. The van der Waals surface area contributed by atoms with Crippen molar-refractivity contribution in [2.75, 3.05) is 20.3 Å². The molecule has 11 nitrogen and oxygen atoms in total. The molecule has 1 aliphatic heterocycles. The van der Waals surface area contributed by atoms with E-state index in [-0.39, 0.29) is 24.5 Å². The van der Waals surface area contributed by atoms with E-state index < -0.39 is 23.9 Å². The minimum absolute atomic E-state index is 0.185. The van der Waals surface area contributed by atoms with E-state index >= 15 is 0 Å². The molecule has 1 atom stereocenters. The van der Waals surface area contributed by atoms with Crippen LogP contribution in [0.25, 0.3) is 10.8 Å². The second kappa shape index (κ2) is 14.8. The van der Waals surface area contributed by atoms with E-state index in [1.165, 1.54) is 13.3 Å². The highest BCUT2D eigenvalue weighted by Gasteiger charge is 2.32. The largest absolute Gasteiger partial charge is 0.493 e. The first-order valence-electron chi connectivity index (χ1n) is 14.6. The fraction of sp³-hybridized carbons (Fsp3) is 0.200. The van der Waals surface area contributed by atoms with Crippen molar-refractivity contribution >= 4 is 34.9 Å². The number of allylic oxidation sites excluding steroid dienone is 1. The number of amides is 3. The summed E-state index contributed by atoms with van der Waals surface area (Å²) in [6, 6.07) is 25.3. The van der Waals surface area contributed by atoms with E-state index in [1.807, 2.05) is 48.5 Å². The minimum Gasteiger partial charge on any atom is -0.493 e. The first kappa shape index (κ1) is 31.6. The molecule has 0 radical (unpaired) electrons. The average Bonchev–Trinajstić information content (AvgIpc) is 3.06. The van der Waals surface area contributed by atoms with Gasteiger partial charge in [-0.2, -0.15) is 5.10 Å². The van der Waals surface area contributed by atoms with Crippen molar-refractivity contribution < 1.29 is 33.3 Å². The number of benzene rings is 4. The Kier molecular flexibility index (Phi) is 10.1. The predicted octanol–water partition coefficient (Wildman–Crippen LogP) is 5.15. The first-order chi connectivity index (χ1) is 22.4. The number of hydrogen-bond donors (Lipinski definition) is 3. The van der Waals surface area contributed by atoms with E-state index in [4.69, 9.17) is 18.9 Å². The normalized spacial score (nSPS) is 14.4. The van der Waals surface area contributed by atoms with Crippen molar-refractivity contribution in [2.45, 2.75) is 26.5 Å². The van der Waals surface area contributed by atoms with Gasteiger partial charge in [0.05, 0.1) is 31.5 Å². The number of carbonyl (C=O) groups excluding carboxylic acids is 3. The van der Waals surface area contributed by atoms with E-state index in [0.717, 1.165) is 16.3 Å². The molecule has 11 heteroatoms. The number of fused-ring (bicyclic) bond motifs is 1. The van der Waals surface area contributed by atoms with Gasteiger partial charge in [-0.1, -0.05) is 60.7 Å². The number of esters is 1. The van der Waals surface area contributed by atoms with Gasteiger partial charge in [0, 0.05) is 11.3 Å². The number of carbonyl (C=O) groups is 3. The van der Waals surface area contributed by atoms with Crippen LogP contribution >= 0.6 is 0 Å². The molecular weight excluding hydrogens is 588 g/mol. The molecule has 0 bridgehead atoms. The summed E-state index contributed by atoms with van der Waals surface area (Å²) in [6.07, 6.45) is 1.51. The number of para-hydroxylation sites is 1. The lowest BCUT2D eigenvalue weighted by Gasteiger charge is -2.28. The molecule has 0 aliphatic carbocycles.